The molecule has 0 bridgehead atoms. The summed E-state index contributed by atoms with van der Waals surface area (Å²) >= 11 is 5.88. The summed E-state index contributed by atoms with van der Waals surface area (Å²) in [6.07, 6.45) is 1.38. The lowest BCUT2D eigenvalue weighted by molar-refractivity contribution is 0.273. The Morgan fingerprint density at radius 3 is 2.83 bits per heavy atom. The molecule has 1 aromatic carbocycles. The quantitative estimate of drug-likeness (QED) is 0.926. The molecule has 1 N–H and O–H groups in total. The number of ether oxygens (including phenoxy) is 1. The number of pyridine rings is 1. The first kappa shape index (κ1) is 12.8. The summed E-state index contributed by atoms with van der Waals surface area (Å²) in [7, 11) is 0. The zero-order valence-electron chi connectivity index (χ0n) is 9.65. The largest absolute Gasteiger partial charge is 0.436 e. The third-order valence-corrected chi connectivity index (χ3v) is 2.88. The Morgan fingerprint density at radius 1 is 1.39 bits per heavy atom. The summed E-state index contributed by atoms with van der Waals surface area (Å²) in [6, 6.07) is 6.38. The predicted molar refractivity (Wildman–Crippen MR) is 66.4 cm³/mol. The van der Waals surface area contributed by atoms with Gasteiger partial charge in [-0.2, -0.15) is 0 Å². The van der Waals surface area contributed by atoms with Crippen LogP contribution in [0.3, 0.4) is 0 Å². The molecule has 2 aromatic rings. The first-order valence-electron chi connectivity index (χ1n) is 5.30. The molecule has 0 spiro atoms. The molecule has 0 aliphatic rings. The van der Waals surface area contributed by atoms with Gasteiger partial charge in [0.2, 0.25) is 0 Å². The van der Waals surface area contributed by atoms with E-state index in [1.54, 1.807) is 18.2 Å². The minimum Gasteiger partial charge on any atom is -0.436 e. The van der Waals surface area contributed by atoms with Crippen molar-refractivity contribution in [1.29, 1.82) is 0 Å². The summed E-state index contributed by atoms with van der Waals surface area (Å²) < 4.78 is 19.1. The molecule has 0 fully saturated rings. The first-order valence-corrected chi connectivity index (χ1v) is 5.68. The third-order valence-electron chi connectivity index (χ3n) is 2.45. The number of hydrogen-bond acceptors (Lipinski definition) is 3. The third kappa shape index (κ3) is 2.60. The van der Waals surface area contributed by atoms with E-state index >= 15 is 0 Å². The number of hydrogen-bond donors (Lipinski definition) is 1. The molecule has 1 aromatic heterocycles. The average molecular weight is 268 g/mol. The van der Waals surface area contributed by atoms with Crippen LogP contribution in [0.25, 0.3) is 0 Å². The zero-order valence-corrected chi connectivity index (χ0v) is 10.4. The van der Waals surface area contributed by atoms with Crippen molar-refractivity contribution in [3.8, 4) is 11.6 Å². The topological polar surface area (TPSA) is 42.4 Å². The van der Waals surface area contributed by atoms with E-state index < -0.39 is 12.4 Å². The molecular formula is C13H11ClFNO2. The van der Waals surface area contributed by atoms with Crippen molar-refractivity contribution in [2.45, 2.75) is 13.5 Å². The average Bonchev–Trinajstić information content (AvgIpc) is 2.36. The summed E-state index contributed by atoms with van der Waals surface area (Å²) in [5, 5.41) is 9.56. The minimum absolute atomic E-state index is 0.144. The van der Waals surface area contributed by atoms with Crippen molar-refractivity contribution < 1.29 is 14.2 Å². The number of rotatable bonds is 3. The van der Waals surface area contributed by atoms with Gasteiger partial charge in [0.15, 0.2) is 5.82 Å². The number of nitrogens with zero attached hydrogens (tertiary/aromatic N) is 1. The van der Waals surface area contributed by atoms with E-state index in [4.69, 9.17) is 21.4 Å². The van der Waals surface area contributed by atoms with Crippen molar-refractivity contribution >= 4 is 11.6 Å². The van der Waals surface area contributed by atoms with Crippen LogP contribution < -0.4 is 4.74 Å². The fourth-order valence-electron chi connectivity index (χ4n) is 1.45. The number of aromatic nitrogens is 1. The van der Waals surface area contributed by atoms with Gasteiger partial charge in [0.25, 0.3) is 5.88 Å². The van der Waals surface area contributed by atoms with Crippen LogP contribution in [0.2, 0.25) is 5.02 Å². The van der Waals surface area contributed by atoms with Crippen molar-refractivity contribution in [2.24, 2.45) is 0 Å². The number of halogens is 2. The molecule has 2 rings (SSSR count). The Bertz CT molecular complexity index is 575. The van der Waals surface area contributed by atoms with Crippen molar-refractivity contribution in [2.75, 3.05) is 0 Å². The van der Waals surface area contributed by atoms with E-state index in [9.17, 15) is 4.39 Å². The maximum absolute atomic E-state index is 13.8. The fourth-order valence-corrected chi connectivity index (χ4v) is 1.57. The predicted octanol–water partition coefficient (Wildman–Crippen LogP) is 3.47. The molecule has 0 aliphatic heterocycles. The minimum atomic E-state index is -0.660. The summed E-state index contributed by atoms with van der Waals surface area (Å²) in [6.45, 7) is 1.42. The molecule has 0 saturated heterocycles. The van der Waals surface area contributed by atoms with Crippen LogP contribution in [-0.2, 0) is 6.61 Å². The van der Waals surface area contributed by atoms with Crippen molar-refractivity contribution in [3.63, 3.8) is 0 Å². The highest BCUT2D eigenvalue weighted by atomic mass is 35.5. The highest BCUT2D eigenvalue weighted by Crippen LogP contribution is 2.27. The van der Waals surface area contributed by atoms with E-state index in [2.05, 4.69) is 4.98 Å². The van der Waals surface area contributed by atoms with Gasteiger partial charge in [-0.3, -0.25) is 0 Å². The molecule has 5 heteroatoms. The van der Waals surface area contributed by atoms with Gasteiger partial charge in [-0.15, -0.1) is 0 Å². The normalized spacial score (nSPS) is 10.4. The van der Waals surface area contributed by atoms with Gasteiger partial charge >= 0.3 is 0 Å². The Balaban J connectivity index is 2.31. The van der Waals surface area contributed by atoms with Crippen molar-refractivity contribution in [1.82, 2.24) is 4.98 Å². The molecule has 0 amide bonds. The smallest absolute Gasteiger partial charge is 0.256 e. The summed E-state index contributed by atoms with van der Waals surface area (Å²) in [5.74, 6) is -0.380. The molecule has 1 heterocycles. The number of benzene rings is 1. The van der Waals surface area contributed by atoms with E-state index in [1.165, 1.54) is 12.3 Å². The molecule has 0 aliphatic carbocycles. The maximum atomic E-state index is 13.8. The maximum Gasteiger partial charge on any atom is 0.256 e. The monoisotopic (exact) mass is 267 g/mol. The van der Waals surface area contributed by atoms with E-state index in [-0.39, 0.29) is 11.4 Å². The second-order valence-corrected chi connectivity index (χ2v) is 4.17. The zero-order chi connectivity index (χ0) is 13.1. The summed E-state index contributed by atoms with van der Waals surface area (Å²) in [4.78, 5) is 3.79. The van der Waals surface area contributed by atoms with Gasteiger partial charge in [-0.05, 0) is 36.8 Å². The van der Waals surface area contributed by atoms with Crippen LogP contribution >= 0.6 is 11.6 Å². The molecule has 94 valence electrons. The first-order chi connectivity index (χ1) is 8.61. The molecule has 0 radical (unpaired) electrons. The lowest BCUT2D eigenvalue weighted by Gasteiger charge is -2.08. The SMILES string of the molecule is Cc1cc(Oc2nccc(CO)c2F)ccc1Cl. The number of aryl methyl sites for hydroxylation is 1. The van der Waals surface area contributed by atoms with Gasteiger partial charge < -0.3 is 9.84 Å². The number of aliphatic hydroxyl groups excluding tert-OH is 1. The van der Waals surface area contributed by atoms with Crippen LogP contribution in [0.15, 0.2) is 30.5 Å². The number of aliphatic hydroxyl groups is 1. The van der Waals surface area contributed by atoms with E-state index in [0.717, 1.165) is 5.56 Å². The Labute approximate surface area is 109 Å². The van der Waals surface area contributed by atoms with Crippen LogP contribution in [0, 0.1) is 12.7 Å². The van der Waals surface area contributed by atoms with Crippen molar-refractivity contribution in [3.05, 3.63) is 52.4 Å². The lowest BCUT2D eigenvalue weighted by atomic mass is 10.2. The molecule has 0 atom stereocenters. The second-order valence-electron chi connectivity index (χ2n) is 3.76. The Kier molecular flexibility index (Phi) is 3.79. The molecular weight excluding hydrogens is 257 g/mol. The standard InChI is InChI=1S/C13H11ClFNO2/c1-8-6-10(2-3-11(8)14)18-13-12(15)9(7-17)4-5-16-13/h2-6,17H,7H2,1H3. The van der Waals surface area contributed by atoms with Crippen LogP contribution in [0.1, 0.15) is 11.1 Å². The van der Waals surface area contributed by atoms with E-state index in [0.29, 0.717) is 10.8 Å². The second kappa shape index (κ2) is 5.33. The van der Waals surface area contributed by atoms with Gasteiger partial charge in [0.1, 0.15) is 5.75 Å². The lowest BCUT2D eigenvalue weighted by Crippen LogP contribution is -1.97. The molecule has 3 nitrogen and oxygen atoms in total. The van der Waals surface area contributed by atoms with Crippen LogP contribution in [0.4, 0.5) is 4.39 Å². The summed E-state index contributed by atoms with van der Waals surface area (Å²) in [5.41, 5.74) is 0.971. The Hall–Kier alpha value is -1.65. The molecule has 0 unspecified atom stereocenters. The molecule has 18 heavy (non-hydrogen) atoms. The van der Waals surface area contributed by atoms with E-state index in [1.807, 2.05) is 6.92 Å². The fraction of sp³-hybridized carbons (Fsp3) is 0.154. The van der Waals surface area contributed by atoms with Crippen LogP contribution in [0.5, 0.6) is 11.6 Å². The molecule has 0 saturated carbocycles. The van der Waals surface area contributed by atoms with Gasteiger partial charge in [-0.1, -0.05) is 11.6 Å². The van der Waals surface area contributed by atoms with Gasteiger partial charge in [-0.25, -0.2) is 9.37 Å². The van der Waals surface area contributed by atoms with Gasteiger partial charge in [0, 0.05) is 16.8 Å². The highest BCUT2D eigenvalue weighted by Gasteiger charge is 2.11. The van der Waals surface area contributed by atoms with Gasteiger partial charge in [0.05, 0.1) is 6.61 Å². The highest BCUT2D eigenvalue weighted by molar-refractivity contribution is 6.31. The van der Waals surface area contributed by atoms with Crippen LogP contribution in [-0.4, -0.2) is 10.1 Å². The Morgan fingerprint density at radius 2 is 2.17 bits per heavy atom.